The molecule has 0 unspecified atom stereocenters. The Kier molecular flexibility index (Phi) is 3.68. The van der Waals surface area contributed by atoms with E-state index in [0.717, 1.165) is 37.6 Å². The number of hydrogen-bond donors (Lipinski definition) is 1. The summed E-state index contributed by atoms with van der Waals surface area (Å²) in [6.07, 6.45) is 0.800. The molecule has 1 aromatic carbocycles. The molecule has 0 saturated carbocycles. The van der Waals surface area contributed by atoms with Crippen LogP contribution in [0.15, 0.2) is 35.7 Å². The van der Waals surface area contributed by atoms with E-state index in [1.165, 1.54) is 5.56 Å². The van der Waals surface area contributed by atoms with Crippen molar-refractivity contribution in [1.82, 2.24) is 15.2 Å². The first-order chi connectivity index (χ1) is 10.8. The predicted octanol–water partition coefficient (Wildman–Crippen LogP) is 2.03. The zero-order chi connectivity index (χ0) is 14.9. The van der Waals surface area contributed by atoms with Gasteiger partial charge in [0.05, 0.1) is 5.01 Å². The van der Waals surface area contributed by atoms with Crippen LogP contribution in [-0.2, 0) is 6.42 Å². The highest BCUT2D eigenvalue weighted by molar-refractivity contribution is 7.09. The molecule has 2 aromatic rings. The fraction of sp³-hybridized carbons (Fsp3) is 0.412. The van der Waals surface area contributed by atoms with Crippen LogP contribution in [-0.4, -0.2) is 42.0 Å². The van der Waals surface area contributed by atoms with Crippen molar-refractivity contribution in [3.05, 3.63) is 52.0 Å². The van der Waals surface area contributed by atoms with E-state index in [4.69, 9.17) is 0 Å². The topological polar surface area (TPSA) is 45.2 Å². The monoisotopic (exact) mass is 313 g/mol. The van der Waals surface area contributed by atoms with E-state index < -0.39 is 0 Å². The van der Waals surface area contributed by atoms with Gasteiger partial charge < -0.3 is 10.2 Å². The average molecular weight is 313 g/mol. The van der Waals surface area contributed by atoms with E-state index in [1.807, 2.05) is 28.5 Å². The molecule has 5 heteroatoms. The maximum atomic E-state index is 12.6. The third kappa shape index (κ3) is 2.66. The van der Waals surface area contributed by atoms with Crippen molar-refractivity contribution in [2.45, 2.75) is 6.42 Å². The van der Waals surface area contributed by atoms with Gasteiger partial charge in [-0.2, -0.15) is 0 Å². The Morgan fingerprint density at radius 3 is 2.68 bits per heavy atom. The van der Waals surface area contributed by atoms with Crippen molar-refractivity contribution in [2.75, 3.05) is 26.2 Å². The number of benzene rings is 1. The average Bonchev–Trinajstić information content (AvgIpc) is 3.22. The molecule has 114 valence electrons. The van der Waals surface area contributed by atoms with Gasteiger partial charge in [0, 0.05) is 38.0 Å². The molecule has 4 rings (SSSR count). The highest BCUT2D eigenvalue weighted by Gasteiger charge is 2.38. The first kappa shape index (κ1) is 13.9. The largest absolute Gasteiger partial charge is 0.337 e. The minimum Gasteiger partial charge on any atom is -0.337 e. The van der Waals surface area contributed by atoms with Gasteiger partial charge in [-0.05, 0) is 17.4 Å². The Bertz CT molecular complexity index is 658. The number of nitrogens with zero attached hydrogens (tertiary/aromatic N) is 2. The van der Waals surface area contributed by atoms with Crippen LogP contribution in [0.1, 0.15) is 21.1 Å². The Balaban J connectivity index is 1.44. The van der Waals surface area contributed by atoms with Crippen LogP contribution in [0.4, 0.5) is 0 Å². The second-order valence-electron chi connectivity index (χ2n) is 6.18. The van der Waals surface area contributed by atoms with Crippen molar-refractivity contribution in [2.24, 2.45) is 11.8 Å². The maximum Gasteiger partial charge on any atom is 0.273 e. The Hall–Kier alpha value is -1.72. The lowest BCUT2D eigenvalue weighted by Gasteiger charge is -2.15. The van der Waals surface area contributed by atoms with E-state index in [-0.39, 0.29) is 5.91 Å². The summed E-state index contributed by atoms with van der Waals surface area (Å²) in [5, 5.41) is 6.32. The van der Waals surface area contributed by atoms with Gasteiger partial charge in [-0.15, -0.1) is 11.3 Å². The highest BCUT2D eigenvalue weighted by Crippen LogP contribution is 2.27. The van der Waals surface area contributed by atoms with Crippen LogP contribution in [0.2, 0.25) is 0 Å². The quantitative estimate of drug-likeness (QED) is 0.943. The van der Waals surface area contributed by atoms with Crippen LogP contribution in [0.3, 0.4) is 0 Å². The molecule has 0 bridgehead atoms. The Morgan fingerprint density at radius 1 is 1.23 bits per heavy atom. The minimum absolute atomic E-state index is 0.102. The number of aromatic nitrogens is 1. The molecule has 2 atom stereocenters. The van der Waals surface area contributed by atoms with Gasteiger partial charge >= 0.3 is 0 Å². The third-order valence-electron chi connectivity index (χ3n) is 4.65. The number of fused-ring (bicyclic) bond motifs is 1. The minimum atomic E-state index is 0.102. The summed E-state index contributed by atoms with van der Waals surface area (Å²) in [6.45, 7) is 3.85. The summed E-state index contributed by atoms with van der Waals surface area (Å²) >= 11 is 1.58. The summed E-state index contributed by atoms with van der Waals surface area (Å²) in [5.74, 6) is 1.36. The van der Waals surface area contributed by atoms with Crippen LogP contribution in [0.5, 0.6) is 0 Å². The normalized spacial score (nSPS) is 23.7. The number of thiazole rings is 1. The van der Waals surface area contributed by atoms with Crippen LogP contribution in [0, 0.1) is 11.8 Å². The molecule has 1 N–H and O–H groups in total. The number of amides is 1. The zero-order valence-corrected chi connectivity index (χ0v) is 13.2. The maximum absolute atomic E-state index is 12.6. The molecule has 3 heterocycles. The van der Waals surface area contributed by atoms with Gasteiger partial charge in [0.1, 0.15) is 5.69 Å². The summed E-state index contributed by atoms with van der Waals surface area (Å²) in [4.78, 5) is 19.1. The molecule has 0 aliphatic carbocycles. The van der Waals surface area contributed by atoms with Gasteiger partial charge in [-0.1, -0.05) is 30.3 Å². The van der Waals surface area contributed by atoms with Crippen LogP contribution < -0.4 is 5.32 Å². The predicted molar refractivity (Wildman–Crippen MR) is 87.1 cm³/mol. The standard InChI is InChI=1S/C17H19N3OS/c21-17(20-9-13-7-18-8-14(13)10-20)15-11-22-16(19-15)6-12-4-2-1-3-5-12/h1-5,11,13-14,18H,6-10H2/t13-,14+. The molecule has 4 nitrogen and oxygen atoms in total. The third-order valence-corrected chi connectivity index (χ3v) is 5.49. The van der Waals surface area contributed by atoms with Crippen molar-refractivity contribution in [1.29, 1.82) is 0 Å². The van der Waals surface area contributed by atoms with Crippen molar-refractivity contribution < 1.29 is 4.79 Å². The van der Waals surface area contributed by atoms with Gasteiger partial charge in [0.15, 0.2) is 0 Å². The van der Waals surface area contributed by atoms with Crippen LogP contribution in [0.25, 0.3) is 0 Å². The van der Waals surface area contributed by atoms with E-state index >= 15 is 0 Å². The number of rotatable bonds is 3. The first-order valence-electron chi connectivity index (χ1n) is 7.78. The highest BCUT2D eigenvalue weighted by atomic mass is 32.1. The first-order valence-corrected chi connectivity index (χ1v) is 8.66. The van der Waals surface area contributed by atoms with Gasteiger partial charge in [-0.25, -0.2) is 4.98 Å². The second-order valence-corrected chi connectivity index (χ2v) is 7.12. The van der Waals surface area contributed by atoms with Gasteiger partial charge in [0.2, 0.25) is 0 Å². The van der Waals surface area contributed by atoms with Gasteiger partial charge in [0.25, 0.3) is 5.91 Å². The summed E-state index contributed by atoms with van der Waals surface area (Å²) < 4.78 is 0. The zero-order valence-electron chi connectivity index (χ0n) is 12.4. The molecule has 0 radical (unpaired) electrons. The lowest BCUT2D eigenvalue weighted by atomic mass is 10.0. The van der Waals surface area contributed by atoms with Crippen molar-refractivity contribution in [3.8, 4) is 0 Å². The van der Waals surface area contributed by atoms with Gasteiger partial charge in [-0.3, -0.25) is 4.79 Å². The second kappa shape index (κ2) is 5.82. The lowest BCUT2D eigenvalue weighted by Crippen LogP contribution is -2.32. The van der Waals surface area contributed by atoms with E-state index in [9.17, 15) is 4.79 Å². The molecule has 1 amide bonds. The molecule has 2 fully saturated rings. The molecule has 2 aliphatic rings. The number of likely N-dealkylation sites (tertiary alicyclic amines) is 1. The number of nitrogens with one attached hydrogen (secondary N) is 1. The molecule has 2 saturated heterocycles. The number of carbonyl (C=O) groups is 1. The van der Waals surface area contributed by atoms with E-state index in [0.29, 0.717) is 17.5 Å². The smallest absolute Gasteiger partial charge is 0.273 e. The number of hydrogen-bond acceptors (Lipinski definition) is 4. The lowest BCUT2D eigenvalue weighted by molar-refractivity contribution is 0.0776. The molecule has 0 spiro atoms. The van der Waals surface area contributed by atoms with Crippen molar-refractivity contribution in [3.63, 3.8) is 0 Å². The Morgan fingerprint density at radius 2 is 1.95 bits per heavy atom. The molecular formula is C17H19N3OS. The number of carbonyl (C=O) groups excluding carboxylic acids is 1. The fourth-order valence-electron chi connectivity index (χ4n) is 3.44. The molecule has 22 heavy (non-hydrogen) atoms. The van der Waals surface area contributed by atoms with E-state index in [2.05, 4.69) is 22.4 Å². The SMILES string of the molecule is O=C(c1csc(Cc2ccccc2)n1)N1C[C@H]2CNC[C@H]2C1. The Labute approximate surface area is 134 Å². The van der Waals surface area contributed by atoms with Crippen molar-refractivity contribution >= 4 is 17.2 Å². The van der Waals surface area contributed by atoms with Crippen LogP contribution >= 0.6 is 11.3 Å². The summed E-state index contributed by atoms with van der Waals surface area (Å²) in [7, 11) is 0. The molecule has 2 aliphatic heterocycles. The fourth-order valence-corrected chi connectivity index (χ4v) is 4.25. The summed E-state index contributed by atoms with van der Waals surface area (Å²) in [6, 6.07) is 10.3. The van der Waals surface area contributed by atoms with E-state index in [1.54, 1.807) is 11.3 Å². The molecule has 1 aromatic heterocycles. The summed E-state index contributed by atoms with van der Waals surface area (Å²) in [5.41, 5.74) is 1.85. The molecular weight excluding hydrogens is 294 g/mol.